The van der Waals surface area contributed by atoms with Gasteiger partial charge in [-0.1, -0.05) is 31.2 Å². The lowest BCUT2D eigenvalue weighted by Crippen LogP contribution is -2.33. The fraction of sp³-hybridized carbons (Fsp3) is 0.154. The van der Waals surface area contributed by atoms with Crippen LogP contribution in [0.5, 0.6) is 11.5 Å². The number of rotatable bonds is 8. The first-order valence-corrected chi connectivity index (χ1v) is 11.3. The first-order valence-electron chi connectivity index (χ1n) is 10.5. The van der Waals surface area contributed by atoms with E-state index in [0.29, 0.717) is 26.8 Å². The number of ketones is 1. The molecule has 8 heteroatoms. The Balaban J connectivity index is 1.68. The number of halogens is 2. The lowest BCUT2D eigenvalue weighted by molar-refractivity contribution is -0.122. The molecule has 0 saturated carbocycles. The third-order valence-corrected chi connectivity index (χ3v) is 5.85. The highest BCUT2D eigenvalue weighted by Gasteiger charge is 2.27. The van der Waals surface area contributed by atoms with Gasteiger partial charge in [-0.15, -0.1) is 0 Å². The Morgan fingerprint density at radius 2 is 1.79 bits per heavy atom. The highest BCUT2D eigenvalue weighted by molar-refractivity contribution is 9.10. The van der Waals surface area contributed by atoms with E-state index in [1.54, 1.807) is 55.5 Å². The summed E-state index contributed by atoms with van der Waals surface area (Å²) < 4.78 is 31.4. The average molecular weight is 526 g/mol. The minimum absolute atomic E-state index is 0.0210. The third kappa shape index (κ3) is 4.68. The second kappa shape index (κ2) is 10.1. The number of carbonyl (C=O) groups excluding carboxylic acids is 2. The molecule has 4 aromatic rings. The molecule has 0 radical (unpaired) electrons. The van der Waals surface area contributed by atoms with Gasteiger partial charge in [0.2, 0.25) is 5.78 Å². The van der Waals surface area contributed by atoms with Crippen LogP contribution in [0.25, 0.3) is 11.0 Å². The molecule has 1 amide bonds. The van der Waals surface area contributed by atoms with Crippen molar-refractivity contribution in [3.63, 3.8) is 0 Å². The smallest absolute Gasteiger partial charge is 0.265 e. The maximum atomic E-state index is 14.1. The predicted molar refractivity (Wildman–Crippen MR) is 130 cm³/mol. The van der Waals surface area contributed by atoms with Crippen molar-refractivity contribution >= 4 is 44.3 Å². The predicted octanol–water partition coefficient (Wildman–Crippen LogP) is 6.37. The van der Waals surface area contributed by atoms with Gasteiger partial charge in [-0.2, -0.15) is 0 Å². The van der Waals surface area contributed by atoms with Crippen LogP contribution in [0.15, 0.2) is 75.6 Å². The van der Waals surface area contributed by atoms with Crippen molar-refractivity contribution < 1.29 is 27.9 Å². The van der Waals surface area contributed by atoms with Crippen LogP contribution >= 0.6 is 15.9 Å². The molecular weight excluding hydrogens is 505 g/mol. The van der Waals surface area contributed by atoms with Gasteiger partial charge in [-0.3, -0.25) is 9.59 Å². The largest absolute Gasteiger partial charge is 0.496 e. The zero-order chi connectivity index (χ0) is 24.2. The normalized spacial score (nSPS) is 11.8. The Morgan fingerprint density at radius 3 is 2.50 bits per heavy atom. The van der Waals surface area contributed by atoms with Crippen molar-refractivity contribution in [1.82, 2.24) is 0 Å². The molecule has 1 aromatic heterocycles. The second-order valence-corrected chi connectivity index (χ2v) is 8.27. The Bertz CT molecular complexity index is 1370. The van der Waals surface area contributed by atoms with Crippen molar-refractivity contribution in [1.29, 1.82) is 0 Å². The molecule has 1 unspecified atom stereocenters. The van der Waals surface area contributed by atoms with Crippen LogP contribution in [-0.2, 0) is 4.79 Å². The molecule has 34 heavy (non-hydrogen) atoms. The van der Waals surface area contributed by atoms with E-state index in [1.165, 1.54) is 25.3 Å². The number of hydrogen-bond acceptors (Lipinski definition) is 5. The number of ether oxygens (including phenoxy) is 2. The van der Waals surface area contributed by atoms with E-state index >= 15 is 0 Å². The van der Waals surface area contributed by atoms with Crippen LogP contribution < -0.4 is 14.8 Å². The van der Waals surface area contributed by atoms with Crippen LogP contribution in [0.2, 0.25) is 0 Å². The van der Waals surface area contributed by atoms with E-state index in [2.05, 4.69) is 21.2 Å². The number of hydrogen-bond donors (Lipinski definition) is 1. The van der Waals surface area contributed by atoms with Crippen molar-refractivity contribution in [2.75, 3.05) is 12.4 Å². The van der Waals surface area contributed by atoms with E-state index in [9.17, 15) is 14.0 Å². The molecule has 174 valence electrons. The number of amides is 1. The topological polar surface area (TPSA) is 77.8 Å². The number of anilines is 1. The first-order chi connectivity index (χ1) is 16.4. The first kappa shape index (κ1) is 23.5. The summed E-state index contributed by atoms with van der Waals surface area (Å²) in [6.07, 6.45) is -0.700. The summed E-state index contributed by atoms with van der Waals surface area (Å²) in [5.74, 6) is -0.984. The average Bonchev–Trinajstić information content (AvgIpc) is 3.21. The Labute approximate surface area is 203 Å². The van der Waals surface area contributed by atoms with E-state index < -0.39 is 23.6 Å². The van der Waals surface area contributed by atoms with E-state index in [-0.39, 0.29) is 23.6 Å². The number of methoxy groups -OCH3 is 1. The van der Waals surface area contributed by atoms with Gasteiger partial charge in [0.05, 0.1) is 17.3 Å². The minimum Gasteiger partial charge on any atom is -0.496 e. The van der Waals surface area contributed by atoms with Gasteiger partial charge in [-0.25, -0.2) is 4.39 Å². The Kier molecular flexibility index (Phi) is 6.98. The molecule has 3 aromatic carbocycles. The number of nitrogens with one attached hydrogen (secondary N) is 1. The number of benzene rings is 3. The third-order valence-electron chi connectivity index (χ3n) is 5.23. The van der Waals surface area contributed by atoms with Gasteiger partial charge in [0.15, 0.2) is 23.4 Å². The molecule has 4 rings (SSSR count). The molecule has 1 atom stereocenters. The maximum absolute atomic E-state index is 14.1. The zero-order valence-corrected chi connectivity index (χ0v) is 20.0. The SMILES string of the molecule is CCC(Oc1ccccc1F)C(=O)Nc1c(C(=O)c2ccc(OC)c(Br)c2)oc2ccccc12. The van der Waals surface area contributed by atoms with Crippen LogP contribution in [0.3, 0.4) is 0 Å². The Hall–Kier alpha value is -3.65. The molecule has 1 heterocycles. The molecule has 0 aliphatic rings. The number of carbonyl (C=O) groups is 2. The Morgan fingerprint density at radius 1 is 1.06 bits per heavy atom. The van der Waals surface area contributed by atoms with Gasteiger partial charge in [0.25, 0.3) is 5.91 Å². The highest BCUT2D eigenvalue weighted by atomic mass is 79.9. The van der Waals surface area contributed by atoms with Crippen molar-refractivity contribution in [3.8, 4) is 11.5 Å². The van der Waals surface area contributed by atoms with Gasteiger partial charge in [0.1, 0.15) is 11.3 Å². The number of fused-ring (bicyclic) bond motifs is 1. The summed E-state index contributed by atoms with van der Waals surface area (Å²) in [5.41, 5.74) is 1.02. The molecule has 0 bridgehead atoms. The molecule has 6 nitrogen and oxygen atoms in total. The zero-order valence-electron chi connectivity index (χ0n) is 18.4. The summed E-state index contributed by atoms with van der Waals surface area (Å²) in [4.78, 5) is 26.5. The number of para-hydroxylation sites is 2. The maximum Gasteiger partial charge on any atom is 0.265 e. The van der Waals surface area contributed by atoms with Gasteiger partial charge < -0.3 is 19.2 Å². The van der Waals surface area contributed by atoms with Gasteiger partial charge >= 0.3 is 0 Å². The second-order valence-electron chi connectivity index (χ2n) is 7.42. The van der Waals surface area contributed by atoms with Crippen molar-refractivity contribution in [2.24, 2.45) is 0 Å². The van der Waals surface area contributed by atoms with E-state index in [4.69, 9.17) is 13.9 Å². The molecule has 0 spiro atoms. The van der Waals surface area contributed by atoms with E-state index in [0.717, 1.165) is 0 Å². The lowest BCUT2D eigenvalue weighted by atomic mass is 10.1. The van der Waals surface area contributed by atoms with Crippen LogP contribution in [0.4, 0.5) is 10.1 Å². The summed E-state index contributed by atoms with van der Waals surface area (Å²) in [6.45, 7) is 1.75. The fourth-order valence-corrected chi connectivity index (χ4v) is 4.03. The lowest BCUT2D eigenvalue weighted by Gasteiger charge is -2.17. The van der Waals surface area contributed by atoms with Gasteiger partial charge in [-0.05, 0) is 64.8 Å². The van der Waals surface area contributed by atoms with Crippen LogP contribution in [0.1, 0.15) is 29.5 Å². The van der Waals surface area contributed by atoms with E-state index in [1.807, 2.05) is 0 Å². The summed E-state index contributed by atoms with van der Waals surface area (Å²) in [6, 6.07) is 17.8. The van der Waals surface area contributed by atoms with Crippen molar-refractivity contribution in [3.05, 3.63) is 88.3 Å². The van der Waals surface area contributed by atoms with Crippen LogP contribution in [-0.4, -0.2) is 24.9 Å². The molecule has 0 saturated heterocycles. The molecule has 1 N–H and O–H groups in total. The summed E-state index contributed by atoms with van der Waals surface area (Å²) in [5, 5.41) is 3.34. The fourth-order valence-electron chi connectivity index (χ4n) is 3.49. The number of furan rings is 1. The quantitative estimate of drug-likeness (QED) is 0.270. The van der Waals surface area contributed by atoms with Crippen LogP contribution in [0, 0.1) is 5.82 Å². The van der Waals surface area contributed by atoms with Gasteiger partial charge in [0, 0.05) is 10.9 Å². The molecular formula is C26H21BrFNO5. The monoisotopic (exact) mass is 525 g/mol. The molecule has 0 aliphatic carbocycles. The summed E-state index contributed by atoms with van der Waals surface area (Å²) >= 11 is 3.38. The molecule has 0 fully saturated rings. The van der Waals surface area contributed by atoms with Crippen molar-refractivity contribution in [2.45, 2.75) is 19.4 Å². The molecule has 0 aliphatic heterocycles. The highest BCUT2D eigenvalue weighted by Crippen LogP contribution is 2.34. The summed E-state index contributed by atoms with van der Waals surface area (Å²) in [7, 11) is 1.53. The minimum atomic E-state index is -0.983. The standard InChI is InChI=1S/C26H21BrFNO5/c1-3-19(33-22-11-7-5-9-18(22)28)26(31)29-23-16-8-4-6-10-20(16)34-25(23)24(30)15-12-13-21(32-2)17(27)14-15/h4-14,19H,3H2,1-2H3,(H,29,31).